The lowest BCUT2D eigenvalue weighted by molar-refractivity contribution is 0.110. The normalized spacial score (nSPS) is 18.3. The summed E-state index contributed by atoms with van der Waals surface area (Å²) < 4.78 is 0. The molecule has 1 fully saturated rings. The lowest BCUT2D eigenvalue weighted by Gasteiger charge is -2.36. The maximum absolute atomic E-state index is 9.74. The van der Waals surface area contributed by atoms with E-state index in [0.717, 1.165) is 32.5 Å². The van der Waals surface area contributed by atoms with Crippen LogP contribution >= 0.6 is 0 Å². The number of hydrogen-bond donors (Lipinski definition) is 2. The minimum absolute atomic E-state index is 0.174. The molecule has 0 amide bonds. The Bertz CT molecular complexity index is 449. The van der Waals surface area contributed by atoms with Crippen LogP contribution in [-0.4, -0.2) is 30.3 Å². The SMILES string of the molecule is Cc1ccc(N2CCC(C(C)O)CC2)c(CNC(C)C)c1. The average molecular weight is 290 g/mol. The summed E-state index contributed by atoms with van der Waals surface area (Å²) in [5.74, 6) is 0.462. The number of aliphatic hydroxyl groups excluding tert-OH is 1. The molecule has 3 nitrogen and oxygen atoms in total. The van der Waals surface area contributed by atoms with E-state index in [1.807, 2.05) is 6.92 Å². The largest absolute Gasteiger partial charge is 0.393 e. The predicted octanol–water partition coefficient (Wildman–Crippen LogP) is 3.09. The Morgan fingerprint density at radius 3 is 2.48 bits per heavy atom. The first-order chi connectivity index (χ1) is 9.97. The number of aryl methyl sites for hydroxylation is 1. The molecule has 0 saturated carbocycles. The number of aliphatic hydroxyl groups is 1. The molecule has 0 aromatic heterocycles. The van der Waals surface area contributed by atoms with Gasteiger partial charge in [-0.25, -0.2) is 0 Å². The van der Waals surface area contributed by atoms with Gasteiger partial charge in [0.05, 0.1) is 6.10 Å². The molecule has 1 heterocycles. The Hall–Kier alpha value is -1.06. The molecule has 2 rings (SSSR count). The molecule has 2 N–H and O–H groups in total. The van der Waals surface area contributed by atoms with Crippen molar-refractivity contribution in [2.45, 2.75) is 59.2 Å². The van der Waals surface area contributed by atoms with Gasteiger partial charge < -0.3 is 15.3 Å². The minimum atomic E-state index is -0.174. The van der Waals surface area contributed by atoms with Crippen molar-refractivity contribution in [1.29, 1.82) is 0 Å². The third-order valence-electron chi connectivity index (χ3n) is 4.50. The molecule has 0 radical (unpaired) electrons. The lowest BCUT2D eigenvalue weighted by atomic mass is 9.91. The van der Waals surface area contributed by atoms with Crippen molar-refractivity contribution < 1.29 is 5.11 Å². The van der Waals surface area contributed by atoms with Crippen molar-refractivity contribution in [3.05, 3.63) is 29.3 Å². The number of benzene rings is 1. The second-order valence-corrected chi connectivity index (χ2v) is 6.73. The van der Waals surface area contributed by atoms with Gasteiger partial charge in [-0.15, -0.1) is 0 Å². The Morgan fingerprint density at radius 2 is 1.90 bits per heavy atom. The van der Waals surface area contributed by atoms with Crippen LogP contribution < -0.4 is 10.2 Å². The van der Waals surface area contributed by atoms with Gasteiger partial charge in [0, 0.05) is 31.4 Å². The van der Waals surface area contributed by atoms with E-state index >= 15 is 0 Å². The van der Waals surface area contributed by atoms with Crippen molar-refractivity contribution in [3.8, 4) is 0 Å². The number of anilines is 1. The van der Waals surface area contributed by atoms with Crippen LogP contribution in [0, 0.1) is 12.8 Å². The van der Waals surface area contributed by atoms with Crippen molar-refractivity contribution in [2.24, 2.45) is 5.92 Å². The maximum atomic E-state index is 9.74. The zero-order valence-corrected chi connectivity index (χ0v) is 13.9. The van der Waals surface area contributed by atoms with Crippen molar-refractivity contribution in [2.75, 3.05) is 18.0 Å². The van der Waals surface area contributed by atoms with Gasteiger partial charge in [0.25, 0.3) is 0 Å². The zero-order chi connectivity index (χ0) is 15.4. The third-order valence-corrected chi connectivity index (χ3v) is 4.50. The molecule has 1 unspecified atom stereocenters. The van der Waals surface area contributed by atoms with Gasteiger partial charge in [-0.2, -0.15) is 0 Å². The minimum Gasteiger partial charge on any atom is -0.393 e. The summed E-state index contributed by atoms with van der Waals surface area (Å²) in [6.07, 6.45) is 2.00. The fourth-order valence-corrected chi connectivity index (χ4v) is 3.10. The van der Waals surface area contributed by atoms with Gasteiger partial charge in [-0.1, -0.05) is 31.5 Å². The van der Waals surface area contributed by atoms with Crippen molar-refractivity contribution >= 4 is 5.69 Å². The highest BCUT2D eigenvalue weighted by atomic mass is 16.3. The number of rotatable bonds is 5. The number of hydrogen-bond acceptors (Lipinski definition) is 3. The summed E-state index contributed by atoms with van der Waals surface area (Å²) in [5, 5.41) is 13.3. The molecule has 1 aliphatic heterocycles. The van der Waals surface area contributed by atoms with Gasteiger partial charge in [0.1, 0.15) is 0 Å². The quantitative estimate of drug-likeness (QED) is 0.875. The maximum Gasteiger partial charge on any atom is 0.0541 e. The second-order valence-electron chi connectivity index (χ2n) is 6.73. The Kier molecular flexibility index (Phi) is 5.65. The van der Waals surface area contributed by atoms with Crippen LogP contribution in [0.1, 0.15) is 44.7 Å². The van der Waals surface area contributed by atoms with Crippen molar-refractivity contribution in [1.82, 2.24) is 5.32 Å². The lowest BCUT2D eigenvalue weighted by Crippen LogP contribution is -2.37. The first-order valence-corrected chi connectivity index (χ1v) is 8.23. The molecule has 1 aromatic rings. The Labute approximate surface area is 129 Å². The standard InChI is InChI=1S/C18H30N2O/c1-13(2)19-12-17-11-14(3)5-6-18(17)20-9-7-16(8-10-20)15(4)21/h5-6,11,13,15-16,19,21H,7-10,12H2,1-4H3. The highest BCUT2D eigenvalue weighted by molar-refractivity contribution is 5.55. The third kappa shape index (κ3) is 4.45. The molecule has 3 heteroatoms. The molecular weight excluding hydrogens is 260 g/mol. The van der Waals surface area contributed by atoms with Gasteiger partial charge in [0.15, 0.2) is 0 Å². The highest BCUT2D eigenvalue weighted by Crippen LogP contribution is 2.28. The van der Waals surface area contributed by atoms with E-state index < -0.39 is 0 Å². The fraction of sp³-hybridized carbons (Fsp3) is 0.667. The summed E-state index contributed by atoms with van der Waals surface area (Å²) in [7, 11) is 0. The molecular formula is C18H30N2O. The molecule has 0 bridgehead atoms. The summed E-state index contributed by atoms with van der Waals surface area (Å²) in [6.45, 7) is 11.5. The first kappa shape index (κ1) is 16.3. The number of nitrogens with zero attached hydrogens (tertiary/aromatic N) is 1. The van der Waals surface area contributed by atoms with Gasteiger partial charge in [-0.05, 0) is 44.2 Å². The van der Waals surface area contributed by atoms with Gasteiger partial charge in [0.2, 0.25) is 0 Å². The molecule has 1 aromatic carbocycles. The van der Waals surface area contributed by atoms with E-state index in [4.69, 9.17) is 0 Å². The monoisotopic (exact) mass is 290 g/mol. The van der Waals surface area contributed by atoms with Crippen LogP contribution in [0.3, 0.4) is 0 Å². The van der Waals surface area contributed by atoms with Crippen LogP contribution in [0.5, 0.6) is 0 Å². The first-order valence-electron chi connectivity index (χ1n) is 8.23. The summed E-state index contributed by atoms with van der Waals surface area (Å²) >= 11 is 0. The smallest absolute Gasteiger partial charge is 0.0541 e. The van der Waals surface area contributed by atoms with Gasteiger partial charge >= 0.3 is 0 Å². The molecule has 0 aliphatic carbocycles. The number of piperidine rings is 1. The van der Waals surface area contributed by atoms with Crippen LogP contribution in [0.4, 0.5) is 5.69 Å². The van der Waals surface area contributed by atoms with Gasteiger partial charge in [-0.3, -0.25) is 0 Å². The summed E-state index contributed by atoms with van der Waals surface area (Å²) in [6, 6.07) is 7.26. The van der Waals surface area contributed by atoms with E-state index in [-0.39, 0.29) is 6.10 Å². The van der Waals surface area contributed by atoms with Crippen molar-refractivity contribution in [3.63, 3.8) is 0 Å². The summed E-state index contributed by atoms with van der Waals surface area (Å²) in [4.78, 5) is 2.48. The zero-order valence-electron chi connectivity index (χ0n) is 13.9. The molecule has 1 saturated heterocycles. The van der Waals surface area contributed by atoms with E-state index in [2.05, 4.69) is 49.2 Å². The van der Waals surface area contributed by atoms with Crippen LogP contribution in [0.15, 0.2) is 18.2 Å². The van der Waals surface area contributed by atoms with Crippen LogP contribution in [-0.2, 0) is 6.54 Å². The fourth-order valence-electron chi connectivity index (χ4n) is 3.10. The Morgan fingerprint density at radius 1 is 1.24 bits per heavy atom. The van der Waals surface area contributed by atoms with E-state index in [1.54, 1.807) is 0 Å². The topological polar surface area (TPSA) is 35.5 Å². The van der Waals surface area contributed by atoms with Crippen LogP contribution in [0.25, 0.3) is 0 Å². The molecule has 1 aliphatic rings. The van der Waals surface area contributed by atoms with E-state index in [1.165, 1.54) is 16.8 Å². The Balaban J connectivity index is 2.08. The molecule has 0 spiro atoms. The average Bonchev–Trinajstić information content (AvgIpc) is 2.45. The van der Waals surface area contributed by atoms with E-state index in [9.17, 15) is 5.11 Å². The molecule has 1 atom stereocenters. The van der Waals surface area contributed by atoms with E-state index in [0.29, 0.717) is 12.0 Å². The highest BCUT2D eigenvalue weighted by Gasteiger charge is 2.23. The molecule has 118 valence electrons. The predicted molar refractivity (Wildman–Crippen MR) is 89.8 cm³/mol. The second kappa shape index (κ2) is 7.28. The molecule has 21 heavy (non-hydrogen) atoms. The number of nitrogens with one attached hydrogen (secondary N) is 1. The van der Waals surface area contributed by atoms with Crippen LogP contribution in [0.2, 0.25) is 0 Å². The summed E-state index contributed by atoms with van der Waals surface area (Å²) in [5.41, 5.74) is 4.06.